The number of nitrogens with one attached hydrogen (secondary N) is 1. The fraction of sp³-hybridized carbons (Fsp3) is 0.133. The fourth-order valence-corrected chi connectivity index (χ4v) is 2.72. The van der Waals surface area contributed by atoms with Gasteiger partial charge in [-0.2, -0.15) is 0 Å². The number of nitrogens with two attached hydrogens (primary N) is 1. The molecule has 104 valence electrons. The molecule has 0 unspecified atom stereocenters. The van der Waals surface area contributed by atoms with Gasteiger partial charge in [-0.3, -0.25) is 4.79 Å². The average Bonchev–Trinajstić information content (AvgIpc) is 2.47. The highest BCUT2D eigenvalue weighted by atomic mass is 35.5. The Kier molecular flexibility index (Phi) is 5.32. The molecule has 0 aliphatic rings. The van der Waals surface area contributed by atoms with Gasteiger partial charge in [-0.25, -0.2) is 0 Å². The largest absolute Gasteiger partial charge is 0.399 e. The van der Waals surface area contributed by atoms with Crippen LogP contribution in [0.15, 0.2) is 53.4 Å². The molecule has 0 aliphatic heterocycles. The zero-order valence-corrected chi connectivity index (χ0v) is 12.4. The molecule has 0 bridgehead atoms. The summed E-state index contributed by atoms with van der Waals surface area (Å²) in [4.78, 5) is 12.6. The van der Waals surface area contributed by atoms with E-state index in [9.17, 15) is 4.79 Å². The van der Waals surface area contributed by atoms with E-state index in [1.54, 1.807) is 18.2 Å². The van der Waals surface area contributed by atoms with Crippen LogP contribution in [0.25, 0.3) is 0 Å². The molecule has 2 rings (SSSR count). The van der Waals surface area contributed by atoms with Gasteiger partial charge in [-0.05, 0) is 23.8 Å². The molecule has 5 heteroatoms. The maximum atomic E-state index is 11.8. The van der Waals surface area contributed by atoms with Crippen molar-refractivity contribution in [3.05, 3.63) is 59.1 Å². The number of benzene rings is 2. The van der Waals surface area contributed by atoms with E-state index in [0.29, 0.717) is 23.0 Å². The molecule has 0 saturated heterocycles. The van der Waals surface area contributed by atoms with Crippen molar-refractivity contribution in [2.75, 3.05) is 11.5 Å². The van der Waals surface area contributed by atoms with Gasteiger partial charge in [-0.1, -0.05) is 41.9 Å². The van der Waals surface area contributed by atoms with Crippen LogP contribution in [0.4, 0.5) is 5.69 Å². The minimum Gasteiger partial charge on any atom is -0.399 e. The predicted molar refractivity (Wildman–Crippen MR) is 84.9 cm³/mol. The topological polar surface area (TPSA) is 55.1 Å². The Hall–Kier alpha value is -1.65. The number of amides is 1. The normalized spacial score (nSPS) is 10.2. The minimum absolute atomic E-state index is 0.0302. The van der Waals surface area contributed by atoms with Gasteiger partial charge in [-0.15, -0.1) is 11.8 Å². The van der Waals surface area contributed by atoms with Crippen molar-refractivity contribution in [3.63, 3.8) is 0 Å². The van der Waals surface area contributed by atoms with Gasteiger partial charge in [0.2, 0.25) is 5.91 Å². The summed E-state index contributed by atoms with van der Waals surface area (Å²) in [5.41, 5.74) is 7.41. The van der Waals surface area contributed by atoms with Gasteiger partial charge in [0.05, 0.1) is 10.8 Å². The van der Waals surface area contributed by atoms with Crippen LogP contribution in [0.3, 0.4) is 0 Å². The number of carbonyl (C=O) groups is 1. The first-order valence-electron chi connectivity index (χ1n) is 6.13. The van der Waals surface area contributed by atoms with E-state index in [0.717, 1.165) is 10.5 Å². The molecule has 0 saturated carbocycles. The first kappa shape index (κ1) is 14.8. The molecule has 0 radical (unpaired) electrons. The Morgan fingerprint density at radius 1 is 1.20 bits per heavy atom. The molecule has 0 atom stereocenters. The molecule has 1 amide bonds. The standard InChI is InChI=1S/C15H15ClN2OS/c16-13-7-6-12(17)8-14(13)20-10-15(19)18-9-11-4-2-1-3-5-11/h1-8H,9-10,17H2,(H,18,19). The van der Waals surface area contributed by atoms with Crippen molar-refractivity contribution in [2.45, 2.75) is 11.4 Å². The average molecular weight is 307 g/mol. The molecule has 20 heavy (non-hydrogen) atoms. The highest BCUT2D eigenvalue weighted by Crippen LogP contribution is 2.28. The van der Waals surface area contributed by atoms with Crippen molar-refractivity contribution in [1.29, 1.82) is 0 Å². The molecule has 0 aromatic heterocycles. The Bertz CT molecular complexity index is 590. The van der Waals surface area contributed by atoms with Crippen molar-refractivity contribution < 1.29 is 4.79 Å². The number of anilines is 1. The van der Waals surface area contributed by atoms with Crippen molar-refractivity contribution in [2.24, 2.45) is 0 Å². The maximum Gasteiger partial charge on any atom is 0.230 e. The third kappa shape index (κ3) is 4.47. The third-order valence-corrected chi connectivity index (χ3v) is 4.14. The lowest BCUT2D eigenvalue weighted by atomic mass is 10.2. The Labute approximate surface area is 127 Å². The molecule has 0 fully saturated rings. The second-order valence-electron chi connectivity index (χ2n) is 4.24. The third-order valence-electron chi connectivity index (χ3n) is 2.65. The maximum absolute atomic E-state index is 11.8. The van der Waals surface area contributed by atoms with E-state index in [4.69, 9.17) is 17.3 Å². The summed E-state index contributed by atoms with van der Waals surface area (Å²) in [6.07, 6.45) is 0. The fourth-order valence-electron chi connectivity index (χ4n) is 1.62. The number of carbonyl (C=O) groups excluding carboxylic acids is 1. The van der Waals surface area contributed by atoms with Crippen LogP contribution in [0.5, 0.6) is 0 Å². The highest BCUT2D eigenvalue weighted by molar-refractivity contribution is 8.00. The smallest absolute Gasteiger partial charge is 0.230 e. The van der Waals surface area contributed by atoms with E-state index in [2.05, 4.69) is 5.32 Å². The molecule has 3 nitrogen and oxygen atoms in total. The van der Waals surface area contributed by atoms with Gasteiger partial charge in [0.1, 0.15) is 0 Å². The van der Waals surface area contributed by atoms with E-state index >= 15 is 0 Å². The van der Waals surface area contributed by atoms with Gasteiger partial charge < -0.3 is 11.1 Å². The van der Waals surface area contributed by atoms with Crippen molar-refractivity contribution >= 4 is 35.0 Å². The lowest BCUT2D eigenvalue weighted by molar-refractivity contribution is -0.118. The van der Waals surface area contributed by atoms with Gasteiger partial charge in [0.25, 0.3) is 0 Å². The molecule has 0 spiro atoms. The summed E-state index contributed by atoms with van der Waals surface area (Å²) in [5, 5.41) is 3.48. The molecule has 0 aliphatic carbocycles. The van der Waals surface area contributed by atoms with E-state index in [1.807, 2.05) is 30.3 Å². The van der Waals surface area contributed by atoms with Crippen LogP contribution in [-0.2, 0) is 11.3 Å². The summed E-state index contributed by atoms with van der Waals surface area (Å²) in [6, 6.07) is 15.0. The zero-order chi connectivity index (χ0) is 14.4. The number of nitrogen functional groups attached to an aromatic ring is 1. The number of rotatable bonds is 5. The van der Waals surface area contributed by atoms with Gasteiger partial charge in [0.15, 0.2) is 0 Å². The van der Waals surface area contributed by atoms with Crippen LogP contribution >= 0.6 is 23.4 Å². The molecule has 2 aromatic carbocycles. The molecule has 0 heterocycles. The van der Waals surface area contributed by atoms with Gasteiger partial charge in [0, 0.05) is 17.1 Å². The van der Waals surface area contributed by atoms with E-state index in [-0.39, 0.29) is 5.91 Å². The lowest BCUT2D eigenvalue weighted by Crippen LogP contribution is -2.24. The van der Waals surface area contributed by atoms with E-state index < -0.39 is 0 Å². The predicted octanol–water partition coefficient (Wildman–Crippen LogP) is 3.33. The van der Waals surface area contributed by atoms with E-state index in [1.165, 1.54) is 11.8 Å². The lowest BCUT2D eigenvalue weighted by Gasteiger charge is -2.07. The number of hydrogen-bond acceptors (Lipinski definition) is 3. The van der Waals surface area contributed by atoms with Crippen LogP contribution in [0.2, 0.25) is 5.02 Å². The first-order valence-corrected chi connectivity index (χ1v) is 7.50. The first-order chi connectivity index (χ1) is 9.65. The highest BCUT2D eigenvalue weighted by Gasteiger charge is 2.06. The number of halogens is 1. The molecule has 3 N–H and O–H groups in total. The van der Waals surface area contributed by atoms with Gasteiger partial charge >= 0.3 is 0 Å². The van der Waals surface area contributed by atoms with Crippen LogP contribution in [-0.4, -0.2) is 11.7 Å². The van der Waals surface area contributed by atoms with Crippen LogP contribution in [0, 0.1) is 0 Å². The van der Waals surface area contributed by atoms with Crippen molar-refractivity contribution in [3.8, 4) is 0 Å². The quantitative estimate of drug-likeness (QED) is 0.658. The summed E-state index contributed by atoms with van der Waals surface area (Å²) < 4.78 is 0. The minimum atomic E-state index is -0.0302. The second-order valence-corrected chi connectivity index (χ2v) is 5.67. The molecular formula is C15H15ClN2OS. The number of hydrogen-bond donors (Lipinski definition) is 2. The SMILES string of the molecule is Nc1ccc(Cl)c(SCC(=O)NCc2ccccc2)c1. The van der Waals surface area contributed by atoms with Crippen LogP contribution < -0.4 is 11.1 Å². The monoisotopic (exact) mass is 306 g/mol. The van der Waals surface area contributed by atoms with Crippen LogP contribution in [0.1, 0.15) is 5.56 Å². The molecule has 2 aromatic rings. The van der Waals surface area contributed by atoms with Crippen molar-refractivity contribution in [1.82, 2.24) is 5.32 Å². The molecular weight excluding hydrogens is 292 g/mol. The summed E-state index contributed by atoms with van der Waals surface area (Å²) >= 11 is 7.43. The Morgan fingerprint density at radius 3 is 2.70 bits per heavy atom. The second kappa shape index (κ2) is 7.22. The summed E-state index contributed by atoms with van der Waals surface area (Å²) in [6.45, 7) is 0.533. The summed E-state index contributed by atoms with van der Waals surface area (Å²) in [5.74, 6) is 0.285. The Balaban J connectivity index is 1.82. The zero-order valence-electron chi connectivity index (χ0n) is 10.8. The Morgan fingerprint density at radius 2 is 1.95 bits per heavy atom. The summed E-state index contributed by atoms with van der Waals surface area (Å²) in [7, 11) is 0. The number of thioether (sulfide) groups is 1.